The van der Waals surface area contributed by atoms with E-state index in [0.717, 1.165) is 0 Å². The summed E-state index contributed by atoms with van der Waals surface area (Å²) in [6.07, 6.45) is 0.661. The monoisotopic (exact) mass is 143 g/mol. The van der Waals surface area contributed by atoms with E-state index >= 15 is 0 Å². The van der Waals surface area contributed by atoms with Gasteiger partial charge in [-0.25, -0.2) is 4.79 Å². The average Bonchev–Trinajstić information content (AvgIpc) is 2.22. The Balaban J connectivity index is 2.25. The maximum Gasteiger partial charge on any atom is 0.328 e. The number of fused-ring (bicyclic) bond motifs is 2. The first-order chi connectivity index (χ1) is 4.71. The van der Waals surface area contributed by atoms with Crippen LogP contribution in [0.3, 0.4) is 0 Å². The second kappa shape index (κ2) is 1.71. The SMILES string of the molecule is NC12COC(COC1=O)C2. The molecule has 0 aromatic heterocycles. The van der Waals surface area contributed by atoms with E-state index in [9.17, 15) is 4.79 Å². The standard InChI is InChI=1S/C6H9NO3/c7-6-1-4(10-3-6)2-9-5(6)8/h4H,1-3,7H2. The Morgan fingerprint density at radius 3 is 3.20 bits per heavy atom. The number of hydrogen-bond acceptors (Lipinski definition) is 4. The Morgan fingerprint density at radius 1 is 1.70 bits per heavy atom. The summed E-state index contributed by atoms with van der Waals surface area (Å²) in [5.74, 6) is -0.318. The van der Waals surface area contributed by atoms with Crippen molar-refractivity contribution < 1.29 is 14.3 Å². The van der Waals surface area contributed by atoms with Gasteiger partial charge in [-0.3, -0.25) is 0 Å². The van der Waals surface area contributed by atoms with Gasteiger partial charge in [-0.05, 0) is 0 Å². The molecule has 2 fully saturated rings. The zero-order chi connectivity index (χ0) is 7.19. The van der Waals surface area contributed by atoms with Gasteiger partial charge >= 0.3 is 5.97 Å². The number of rotatable bonds is 0. The summed E-state index contributed by atoms with van der Waals surface area (Å²) in [6, 6.07) is 0. The molecule has 2 saturated heterocycles. The molecule has 10 heavy (non-hydrogen) atoms. The fraction of sp³-hybridized carbons (Fsp3) is 0.833. The molecular weight excluding hydrogens is 134 g/mol. The normalized spacial score (nSPS) is 45.3. The summed E-state index contributed by atoms with van der Waals surface area (Å²) in [5.41, 5.74) is 4.81. The molecular formula is C6H9NO3. The molecule has 4 nitrogen and oxygen atoms in total. The highest BCUT2D eigenvalue weighted by Crippen LogP contribution is 2.27. The van der Waals surface area contributed by atoms with Crippen LogP contribution in [-0.2, 0) is 14.3 Å². The molecule has 0 aromatic rings. The van der Waals surface area contributed by atoms with Crippen molar-refractivity contribution in [1.29, 1.82) is 0 Å². The van der Waals surface area contributed by atoms with Crippen molar-refractivity contribution in [3.8, 4) is 0 Å². The summed E-state index contributed by atoms with van der Waals surface area (Å²) >= 11 is 0. The van der Waals surface area contributed by atoms with E-state index in [1.807, 2.05) is 0 Å². The molecule has 2 aliphatic heterocycles. The molecule has 4 heteroatoms. The molecule has 2 aliphatic rings. The van der Waals surface area contributed by atoms with Crippen molar-refractivity contribution in [3.63, 3.8) is 0 Å². The van der Waals surface area contributed by atoms with Crippen molar-refractivity contribution >= 4 is 5.97 Å². The minimum absolute atomic E-state index is 0.0442. The highest BCUT2D eigenvalue weighted by molar-refractivity contribution is 5.82. The van der Waals surface area contributed by atoms with Crippen molar-refractivity contribution in [2.75, 3.05) is 13.2 Å². The molecule has 2 rings (SSSR count). The lowest BCUT2D eigenvalue weighted by molar-refractivity contribution is -0.153. The van der Waals surface area contributed by atoms with Crippen LogP contribution in [-0.4, -0.2) is 30.8 Å². The number of cyclic esters (lactones) is 1. The third-order valence-electron chi connectivity index (χ3n) is 1.98. The van der Waals surface area contributed by atoms with Gasteiger partial charge in [-0.2, -0.15) is 0 Å². The van der Waals surface area contributed by atoms with Gasteiger partial charge in [-0.15, -0.1) is 0 Å². The summed E-state index contributed by atoms with van der Waals surface area (Å²) in [6.45, 7) is 0.689. The largest absolute Gasteiger partial charge is 0.461 e. The van der Waals surface area contributed by atoms with Gasteiger partial charge in [0.25, 0.3) is 0 Å². The molecule has 0 saturated carbocycles. The number of carbonyl (C=O) groups is 1. The first-order valence-electron chi connectivity index (χ1n) is 3.28. The Morgan fingerprint density at radius 2 is 2.50 bits per heavy atom. The fourth-order valence-electron chi connectivity index (χ4n) is 1.35. The molecule has 0 aromatic carbocycles. The molecule has 0 amide bonds. The topological polar surface area (TPSA) is 61.6 Å². The molecule has 0 aliphatic carbocycles. The van der Waals surface area contributed by atoms with Gasteiger partial charge in [0.05, 0.1) is 12.7 Å². The van der Waals surface area contributed by atoms with E-state index < -0.39 is 5.54 Å². The van der Waals surface area contributed by atoms with Crippen molar-refractivity contribution in [2.45, 2.75) is 18.1 Å². The maximum absolute atomic E-state index is 10.9. The quantitative estimate of drug-likeness (QED) is 0.443. The second-order valence-electron chi connectivity index (χ2n) is 2.89. The number of ether oxygens (including phenoxy) is 2. The molecule has 2 N–H and O–H groups in total. The summed E-state index contributed by atoms with van der Waals surface area (Å²) in [7, 11) is 0. The van der Waals surface area contributed by atoms with Crippen LogP contribution < -0.4 is 5.73 Å². The second-order valence-corrected chi connectivity index (χ2v) is 2.89. The molecule has 2 unspecified atom stereocenters. The van der Waals surface area contributed by atoms with Crippen LogP contribution in [0, 0.1) is 0 Å². The lowest BCUT2D eigenvalue weighted by atomic mass is 9.96. The first kappa shape index (κ1) is 6.12. The number of carbonyl (C=O) groups excluding carboxylic acids is 1. The summed E-state index contributed by atoms with van der Waals surface area (Å²) < 4.78 is 9.96. The number of nitrogens with two attached hydrogens (primary N) is 1. The average molecular weight is 143 g/mol. The smallest absolute Gasteiger partial charge is 0.328 e. The molecule has 2 bridgehead atoms. The van der Waals surface area contributed by atoms with Crippen molar-refractivity contribution in [2.24, 2.45) is 5.73 Å². The molecule has 0 spiro atoms. The van der Waals surface area contributed by atoms with Gasteiger partial charge in [0.15, 0.2) is 0 Å². The van der Waals surface area contributed by atoms with Gasteiger partial charge in [0, 0.05) is 6.42 Å². The Bertz CT molecular complexity index is 182. The predicted molar refractivity (Wildman–Crippen MR) is 32.2 cm³/mol. The van der Waals surface area contributed by atoms with E-state index in [0.29, 0.717) is 19.6 Å². The lowest BCUT2D eigenvalue weighted by Gasteiger charge is -2.23. The van der Waals surface area contributed by atoms with Crippen LogP contribution in [0.2, 0.25) is 0 Å². The summed E-state index contributed by atoms with van der Waals surface area (Å²) in [5, 5.41) is 0. The van der Waals surface area contributed by atoms with Crippen molar-refractivity contribution in [3.05, 3.63) is 0 Å². The maximum atomic E-state index is 10.9. The zero-order valence-electron chi connectivity index (χ0n) is 5.50. The van der Waals surface area contributed by atoms with Crippen LogP contribution in [0.4, 0.5) is 0 Å². The van der Waals surface area contributed by atoms with Crippen LogP contribution in [0.15, 0.2) is 0 Å². The fourth-order valence-corrected chi connectivity index (χ4v) is 1.35. The Hall–Kier alpha value is -0.610. The number of esters is 1. The van der Waals surface area contributed by atoms with Crippen molar-refractivity contribution in [1.82, 2.24) is 0 Å². The lowest BCUT2D eigenvalue weighted by Crippen LogP contribution is -2.52. The Kier molecular flexibility index (Phi) is 1.04. The van der Waals surface area contributed by atoms with E-state index in [2.05, 4.69) is 0 Å². The van der Waals surface area contributed by atoms with Crippen LogP contribution >= 0.6 is 0 Å². The molecule has 0 radical (unpaired) electrons. The zero-order valence-corrected chi connectivity index (χ0v) is 5.50. The van der Waals surface area contributed by atoms with E-state index in [4.69, 9.17) is 15.2 Å². The Labute approximate surface area is 58.3 Å². The van der Waals surface area contributed by atoms with E-state index in [1.165, 1.54) is 0 Å². The van der Waals surface area contributed by atoms with Gasteiger partial charge in [0.1, 0.15) is 12.1 Å². The van der Waals surface area contributed by atoms with Gasteiger partial charge < -0.3 is 15.2 Å². The van der Waals surface area contributed by atoms with Gasteiger partial charge in [0.2, 0.25) is 0 Å². The minimum Gasteiger partial charge on any atom is -0.461 e. The third kappa shape index (κ3) is 0.660. The molecule has 2 atom stereocenters. The highest BCUT2D eigenvalue weighted by Gasteiger charge is 2.48. The highest BCUT2D eigenvalue weighted by atomic mass is 16.6. The van der Waals surface area contributed by atoms with E-state index in [-0.39, 0.29) is 12.1 Å². The minimum atomic E-state index is -0.830. The van der Waals surface area contributed by atoms with E-state index in [1.54, 1.807) is 0 Å². The van der Waals surface area contributed by atoms with Crippen LogP contribution in [0.5, 0.6) is 0 Å². The first-order valence-corrected chi connectivity index (χ1v) is 3.28. The summed E-state index contributed by atoms with van der Waals surface area (Å²) in [4.78, 5) is 10.9. The number of hydrogen-bond donors (Lipinski definition) is 1. The molecule has 2 heterocycles. The van der Waals surface area contributed by atoms with Crippen LogP contribution in [0.25, 0.3) is 0 Å². The predicted octanol–water partition coefficient (Wildman–Crippen LogP) is -0.970. The van der Waals surface area contributed by atoms with Gasteiger partial charge in [-0.1, -0.05) is 0 Å². The van der Waals surface area contributed by atoms with Crippen LogP contribution in [0.1, 0.15) is 6.42 Å². The third-order valence-corrected chi connectivity index (χ3v) is 1.98. The molecule has 56 valence electrons.